The number of urea groups is 1. The molecule has 0 unspecified atom stereocenters. The molecule has 2 heterocycles. The zero-order valence-electron chi connectivity index (χ0n) is 17.5. The first-order chi connectivity index (χ1) is 14.8. The van der Waals surface area contributed by atoms with Crippen molar-refractivity contribution in [1.29, 1.82) is 0 Å². The average molecular weight is 421 g/mol. The minimum absolute atomic E-state index is 0.394. The summed E-state index contributed by atoms with van der Waals surface area (Å²) in [5.74, 6) is 0.188. The zero-order valence-corrected chi connectivity index (χ0v) is 17.5. The smallest absolute Gasteiger partial charge is 0.325 e. The van der Waals surface area contributed by atoms with Crippen LogP contribution in [0.1, 0.15) is 31.2 Å². The van der Waals surface area contributed by atoms with Crippen LogP contribution in [0.25, 0.3) is 11.0 Å². The average Bonchev–Trinajstić information content (AvgIpc) is 3.29. The van der Waals surface area contributed by atoms with Crippen LogP contribution < -0.4 is 15.4 Å². The molecule has 0 aliphatic carbocycles. The molecule has 0 saturated carbocycles. The van der Waals surface area contributed by atoms with E-state index in [1.54, 1.807) is 38.1 Å². The molecule has 1 aromatic heterocycles. The Morgan fingerprint density at radius 2 is 1.97 bits per heavy atom. The fraction of sp³-hybridized carbons (Fsp3) is 0.261. The number of fused-ring (bicyclic) bond motifs is 1. The summed E-state index contributed by atoms with van der Waals surface area (Å²) in [6, 6.07) is 15.3. The number of imide groups is 1. The highest BCUT2D eigenvalue weighted by molar-refractivity contribution is 6.09. The van der Waals surface area contributed by atoms with Gasteiger partial charge in [-0.05, 0) is 43.7 Å². The van der Waals surface area contributed by atoms with E-state index in [0.29, 0.717) is 17.1 Å². The lowest BCUT2D eigenvalue weighted by Crippen LogP contribution is -2.43. The third-order valence-electron chi connectivity index (χ3n) is 5.47. The highest BCUT2D eigenvalue weighted by Gasteiger charge is 2.49. The molecule has 2 aromatic carbocycles. The number of ether oxygens (including phenoxy) is 1. The number of hydrogen-bond donors (Lipinski definition) is 2. The van der Waals surface area contributed by atoms with Crippen LogP contribution in [0.3, 0.4) is 0 Å². The molecule has 8 heteroatoms. The Bertz CT molecular complexity index is 1140. The van der Waals surface area contributed by atoms with E-state index in [9.17, 15) is 14.4 Å². The Kier molecular flexibility index (Phi) is 5.14. The number of rotatable bonds is 6. The molecule has 1 saturated heterocycles. The van der Waals surface area contributed by atoms with Gasteiger partial charge in [0.2, 0.25) is 5.91 Å². The van der Waals surface area contributed by atoms with E-state index in [-0.39, 0.29) is 0 Å². The molecule has 1 fully saturated rings. The second-order valence-corrected chi connectivity index (χ2v) is 7.65. The Morgan fingerprint density at radius 3 is 2.71 bits per heavy atom. The lowest BCUT2D eigenvalue weighted by atomic mass is 9.92. The van der Waals surface area contributed by atoms with Gasteiger partial charge >= 0.3 is 6.03 Å². The molecule has 2 atom stereocenters. The molecule has 4 amide bonds. The molecule has 8 nitrogen and oxygen atoms in total. The molecule has 1 aliphatic heterocycles. The maximum atomic E-state index is 13.0. The normalized spacial score (nSPS) is 19.4. The number of carbonyl (C=O) groups excluding carboxylic acids is 3. The van der Waals surface area contributed by atoms with Gasteiger partial charge in [-0.1, -0.05) is 30.3 Å². The van der Waals surface area contributed by atoms with Crippen molar-refractivity contribution in [2.75, 3.05) is 13.7 Å². The second kappa shape index (κ2) is 7.79. The SMILES string of the molecule is COc1cccc([C@@]2(C)NC(=O)N(CC(=O)N[C@@H](C)c3cc4ccccc4o3)C2=O)c1. The van der Waals surface area contributed by atoms with E-state index < -0.39 is 36.0 Å². The Hall–Kier alpha value is -3.81. The van der Waals surface area contributed by atoms with Crippen LogP contribution in [0.4, 0.5) is 4.79 Å². The maximum absolute atomic E-state index is 13.0. The van der Waals surface area contributed by atoms with Gasteiger partial charge in [-0.15, -0.1) is 0 Å². The van der Waals surface area contributed by atoms with Crippen LogP contribution >= 0.6 is 0 Å². The number of nitrogens with one attached hydrogen (secondary N) is 2. The lowest BCUT2D eigenvalue weighted by Gasteiger charge is -2.22. The van der Waals surface area contributed by atoms with Gasteiger partial charge < -0.3 is 19.8 Å². The van der Waals surface area contributed by atoms with E-state index in [1.165, 1.54) is 7.11 Å². The largest absolute Gasteiger partial charge is 0.497 e. The van der Waals surface area contributed by atoms with E-state index in [0.717, 1.165) is 15.9 Å². The third-order valence-corrected chi connectivity index (χ3v) is 5.47. The summed E-state index contributed by atoms with van der Waals surface area (Å²) < 4.78 is 11.0. The number of methoxy groups -OCH3 is 1. The minimum Gasteiger partial charge on any atom is -0.497 e. The summed E-state index contributed by atoms with van der Waals surface area (Å²) in [7, 11) is 1.52. The molecular weight excluding hydrogens is 398 g/mol. The Morgan fingerprint density at radius 1 is 1.19 bits per heavy atom. The summed E-state index contributed by atoms with van der Waals surface area (Å²) >= 11 is 0. The summed E-state index contributed by atoms with van der Waals surface area (Å²) in [4.78, 5) is 39.1. The Balaban J connectivity index is 1.46. The van der Waals surface area contributed by atoms with E-state index in [1.807, 2.05) is 30.3 Å². The first-order valence-electron chi connectivity index (χ1n) is 9.88. The number of amides is 4. The van der Waals surface area contributed by atoms with Crippen LogP contribution in [0.2, 0.25) is 0 Å². The molecule has 0 spiro atoms. The molecular formula is C23H23N3O5. The fourth-order valence-corrected chi connectivity index (χ4v) is 3.69. The highest BCUT2D eigenvalue weighted by atomic mass is 16.5. The molecule has 0 bridgehead atoms. The van der Waals surface area contributed by atoms with Gasteiger partial charge in [-0.2, -0.15) is 0 Å². The summed E-state index contributed by atoms with van der Waals surface area (Å²) in [6.07, 6.45) is 0. The van der Waals surface area contributed by atoms with E-state index in [2.05, 4.69) is 10.6 Å². The van der Waals surface area contributed by atoms with Gasteiger partial charge in [0.1, 0.15) is 29.2 Å². The predicted molar refractivity (Wildman–Crippen MR) is 113 cm³/mol. The van der Waals surface area contributed by atoms with Crippen LogP contribution in [0.5, 0.6) is 5.75 Å². The van der Waals surface area contributed by atoms with Crippen LogP contribution in [0.15, 0.2) is 59.0 Å². The van der Waals surface area contributed by atoms with Crippen LogP contribution in [-0.4, -0.2) is 36.4 Å². The maximum Gasteiger partial charge on any atom is 0.325 e. The lowest BCUT2D eigenvalue weighted by molar-refractivity contribution is -0.135. The molecule has 31 heavy (non-hydrogen) atoms. The summed E-state index contributed by atoms with van der Waals surface area (Å²) in [5.41, 5.74) is 0.0153. The molecule has 0 radical (unpaired) electrons. The van der Waals surface area contributed by atoms with Crippen molar-refractivity contribution >= 4 is 28.8 Å². The monoisotopic (exact) mass is 421 g/mol. The van der Waals surface area contributed by atoms with Gasteiger partial charge in [0.25, 0.3) is 5.91 Å². The van der Waals surface area contributed by atoms with Crippen molar-refractivity contribution in [1.82, 2.24) is 15.5 Å². The number of hydrogen-bond acceptors (Lipinski definition) is 5. The standard InChI is InChI=1S/C23H23N3O5/c1-14(19-11-15-7-4-5-10-18(15)31-19)24-20(27)13-26-21(28)23(2,25-22(26)29)16-8-6-9-17(12-16)30-3/h4-12,14H,13H2,1-3H3,(H,24,27)(H,25,29)/t14-,23+/m0/s1. The topological polar surface area (TPSA) is 101 Å². The number of furan rings is 1. The third kappa shape index (κ3) is 3.72. The minimum atomic E-state index is -1.28. The Labute approximate surface area is 179 Å². The number of nitrogens with zero attached hydrogens (tertiary/aromatic N) is 1. The van der Waals surface area contributed by atoms with Gasteiger partial charge in [-0.3, -0.25) is 14.5 Å². The molecule has 4 rings (SSSR count). The van der Waals surface area contributed by atoms with Gasteiger partial charge in [0.05, 0.1) is 13.2 Å². The van der Waals surface area contributed by atoms with Gasteiger partial charge in [0, 0.05) is 5.39 Å². The van der Waals surface area contributed by atoms with Crippen molar-refractivity contribution in [2.45, 2.75) is 25.4 Å². The summed E-state index contributed by atoms with van der Waals surface area (Å²) in [5, 5.41) is 6.41. The van der Waals surface area contributed by atoms with E-state index >= 15 is 0 Å². The van der Waals surface area contributed by atoms with Crippen molar-refractivity contribution in [2.24, 2.45) is 0 Å². The molecule has 2 N–H and O–H groups in total. The quantitative estimate of drug-likeness (QED) is 0.596. The van der Waals surface area contributed by atoms with Crippen LogP contribution in [0, 0.1) is 0 Å². The molecule has 160 valence electrons. The zero-order chi connectivity index (χ0) is 22.2. The second-order valence-electron chi connectivity index (χ2n) is 7.65. The summed E-state index contributed by atoms with van der Waals surface area (Å²) in [6.45, 7) is 2.99. The first kappa shape index (κ1) is 20.5. The highest BCUT2D eigenvalue weighted by Crippen LogP contribution is 2.31. The number of carbonyl (C=O) groups is 3. The van der Waals surface area contributed by atoms with E-state index in [4.69, 9.17) is 9.15 Å². The van der Waals surface area contributed by atoms with Gasteiger partial charge in [-0.25, -0.2) is 4.79 Å². The number of benzene rings is 2. The van der Waals surface area contributed by atoms with Gasteiger partial charge in [0.15, 0.2) is 0 Å². The molecule has 3 aromatic rings. The van der Waals surface area contributed by atoms with Crippen molar-refractivity contribution in [3.63, 3.8) is 0 Å². The number of para-hydroxylation sites is 1. The first-order valence-corrected chi connectivity index (χ1v) is 9.88. The fourth-order valence-electron chi connectivity index (χ4n) is 3.69. The molecule has 1 aliphatic rings. The van der Waals surface area contributed by atoms with Crippen molar-refractivity contribution in [3.05, 3.63) is 65.9 Å². The predicted octanol–water partition coefficient (Wildman–Crippen LogP) is 3.09. The van der Waals surface area contributed by atoms with Crippen LogP contribution in [-0.2, 0) is 15.1 Å². The van der Waals surface area contributed by atoms with Crippen molar-refractivity contribution in [3.8, 4) is 5.75 Å². The van der Waals surface area contributed by atoms with Crippen molar-refractivity contribution < 1.29 is 23.5 Å².